The van der Waals surface area contributed by atoms with Gasteiger partial charge in [0, 0.05) is 11.9 Å². The zero-order valence-corrected chi connectivity index (χ0v) is 5.95. The molecule has 11 heavy (non-hydrogen) atoms. The molecule has 2 nitrogen and oxygen atoms in total. The Balaban J connectivity index is 2.51. The summed E-state index contributed by atoms with van der Waals surface area (Å²) in [6.07, 6.45) is 3.71. The van der Waals surface area contributed by atoms with E-state index in [1.54, 1.807) is 18.3 Å². The molecule has 0 atom stereocenters. The van der Waals surface area contributed by atoms with Crippen LogP contribution < -0.4 is 5.32 Å². The quantitative estimate of drug-likeness (QED) is 0.518. The number of benzene rings is 1. The van der Waals surface area contributed by atoms with E-state index in [1.165, 1.54) is 6.08 Å². The van der Waals surface area contributed by atoms with Gasteiger partial charge in [-0.05, 0) is 24.3 Å². The summed E-state index contributed by atoms with van der Waals surface area (Å²) in [7, 11) is 0. The highest BCUT2D eigenvalue weighted by Gasteiger charge is 1.81. The minimum absolute atomic E-state index is 0.724. The fourth-order valence-corrected chi connectivity index (χ4v) is 0.667. The molecule has 0 unspecified atom stereocenters. The molecule has 0 aliphatic rings. The molecule has 1 aromatic rings. The van der Waals surface area contributed by atoms with Gasteiger partial charge in [-0.3, -0.25) is 4.79 Å². The Morgan fingerprint density at radius 2 is 2.09 bits per heavy atom. The Bertz CT molecular complexity index is 241. The number of nitrogens with one attached hydrogen (secondary N) is 1. The Morgan fingerprint density at radius 1 is 1.36 bits per heavy atom. The van der Waals surface area contributed by atoms with Crippen molar-refractivity contribution >= 4 is 12.0 Å². The first kappa shape index (κ1) is 7.54. The molecule has 1 radical (unpaired) electrons. The second-order valence-electron chi connectivity index (χ2n) is 1.93. The average Bonchev–Trinajstić information content (AvgIpc) is 2.07. The molecule has 0 bridgehead atoms. The van der Waals surface area contributed by atoms with Crippen molar-refractivity contribution in [3.63, 3.8) is 0 Å². The second kappa shape index (κ2) is 4.28. The molecule has 55 valence electrons. The average molecular weight is 146 g/mol. The van der Waals surface area contributed by atoms with Crippen molar-refractivity contribution in [1.29, 1.82) is 0 Å². The van der Waals surface area contributed by atoms with Crippen LogP contribution in [0.3, 0.4) is 0 Å². The molecule has 0 fully saturated rings. The van der Waals surface area contributed by atoms with Gasteiger partial charge in [0.25, 0.3) is 0 Å². The molecule has 0 saturated heterocycles. The summed E-state index contributed by atoms with van der Waals surface area (Å²) in [5.74, 6) is 0. The van der Waals surface area contributed by atoms with Gasteiger partial charge in [-0.1, -0.05) is 12.1 Å². The van der Waals surface area contributed by atoms with Crippen LogP contribution in [0.15, 0.2) is 36.5 Å². The lowest BCUT2D eigenvalue weighted by Crippen LogP contribution is -1.85. The first-order valence-corrected chi connectivity index (χ1v) is 3.26. The number of allylic oxidation sites excluding steroid dienone is 1. The molecule has 0 aliphatic heterocycles. The van der Waals surface area contributed by atoms with E-state index in [0.717, 1.165) is 12.0 Å². The van der Waals surface area contributed by atoms with Crippen LogP contribution in [0.5, 0.6) is 0 Å². The van der Waals surface area contributed by atoms with Crippen molar-refractivity contribution in [1.82, 2.24) is 0 Å². The van der Waals surface area contributed by atoms with Gasteiger partial charge in [0.15, 0.2) is 0 Å². The van der Waals surface area contributed by atoms with Gasteiger partial charge in [-0.2, -0.15) is 0 Å². The van der Waals surface area contributed by atoms with Gasteiger partial charge >= 0.3 is 0 Å². The van der Waals surface area contributed by atoms with Crippen molar-refractivity contribution in [2.24, 2.45) is 0 Å². The van der Waals surface area contributed by atoms with Crippen LogP contribution in [-0.4, -0.2) is 6.29 Å². The number of carbonyl (C=O) groups is 1. The SMILES string of the molecule is O=CC=CNc1cc[c]cc1. The van der Waals surface area contributed by atoms with E-state index in [9.17, 15) is 4.79 Å². The lowest BCUT2D eigenvalue weighted by Gasteiger charge is -1.96. The topological polar surface area (TPSA) is 29.1 Å². The maximum absolute atomic E-state index is 9.86. The van der Waals surface area contributed by atoms with E-state index < -0.39 is 0 Å². The Morgan fingerprint density at radius 3 is 2.73 bits per heavy atom. The monoisotopic (exact) mass is 146 g/mol. The molecule has 0 saturated carbocycles. The van der Waals surface area contributed by atoms with Crippen LogP contribution in [0.25, 0.3) is 0 Å². The molecule has 0 heterocycles. The maximum atomic E-state index is 9.86. The van der Waals surface area contributed by atoms with Crippen molar-refractivity contribution in [3.8, 4) is 0 Å². The van der Waals surface area contributed by atoms with Crippen molar-refractivity contribution < 1.29 is 4.79 Å². The van der Waals surface area contributed by atoms with Crippen molar-refractivity contribution in [2.75, 3.05) is 5.32 Å². The minimum Gasteiger partial charge on any atom is -0.362 e. The van der Waals surface area contributed by atoms with Crippen LogP contribution in [-0.2, 0) is 4.79 Å². The summed E-state index contributed by atoms with van der Waals surface area (Å²) in [6.45, 7) is 0. The highest BCUT2D eigenvalue weighted by Crippen LogP contribution is 2.03. The van der Waals surface area contributed by atoms with Gasteiger partial charge < -0.3 is 5.32 Å². The molecule has 0 spiro atoms. The van der Waals surface area contributed by atoms with E-state index >= 15 is 0 Å². The van der Waals surface area contributed by atoms with Crippen molar-refractivity contribution in [3.05, 3.63) is 42.6 Å². The minimum atomic E-state index is 0.724. The number of hydrogen-bond acceptors (Lipinski definition) is 2. The largest absolute Gasteiger partial charge is 0.362 e. The fraction of sp³-hybridized carbons (Fsp3) is 0. The number of hydrogen-bond donors (Lipinski definition) is 1. The smallest absolute Gasteiger partial charge is 0.144 e. The Hall–Kier alpha value is -1.57. The lowest BCUT2D eigenvalue weighted by atomic mass is 10.3. The van der Waals surface area contributed by atoms with Crippen LogP contribution in [0, 0.1) is 6.07 Å². The predicted octanol–water partition coefficient (Wildman–Crippen LogP) is 1.61. The zero-order chi connectivity index (χ0) is 7.94. The molecule has 1 aromatic carbocycles. The van der Waals surface area contributed by atoms with Gasteiger partial charge in [-0.15, -0.1) is 0 Å². The van der Waals surface area contributed by atoms with Crippen LogP contribution >= 0.6 is 0 Å². The summed E-state index contributed by atoms with van der Waals surface area (Å²) in [6, 6.07) is 10.2. The summed E-state index contributed by atoms with van der Waals surface area (Å²) in [4.78, 5) is 9.86. The second-order valence-corrected chi connectivity index (χ2v) is 1.93. The van der Waals surface area contributed by atoms with Crippen LogP contribution in [0.1, 0.15) is 0 Å². The molecule has 0 aliphatic carbocycles. The highest BCUT2D eigenvalue weighted by molar-refractivity contribution is 5.65. The van der Waals surface area contributed by atoms with Gasteiger partial charge in [0.05, 0.1) is 0 Å². The van der Waals surface area contributed by atoms with Crippen LogP contribution in [0.4, 0.5) is 5.69 Å². The van der Waals surface area contributed by atoms with E-state index in [0.29, 0.717) is 0 Å². The Labute approximate surface area is 65.5 Å². The van der Waals surface area contributed by atoms with Crippen LogP contribution in [0.2, 0.25) is 0 Å². The normalized spacial score (nSPS) is 9.82. The highest BCUT2D eigenvalue weighted by atomic mass is 16.1. The first-order valence-electron chi connectivity index (χ1n) is 3.26. The third-order valence-corrected chi connectivity index (χ3v) is 1.14. The molecule has 2 heteroatoms. The molecule has 1 N–H and O–H groups in total. The van der Waals surface area contributed by atoms with Gasteiger partial charge in [0.2, 0.25) is 0 Å². The molecular weight excluding hydrogens is 138 g/mol. The predicted molar refractivity (Wildman–Crippen MR) is 44.1 cm³/mol. The number of rotatable bonds is 3. The first-order chi connectivity index (χ1) is 5.43. The molecule has 0 amide bonds. The third kappa shape index (κ3) is 2.67. The molecule has 1 rings (SSSR count). The zero-order valence-electron chi connectivity index (χ0n) is 5.95. The summed E-state index contributed by atoms with van der Waals surface area (Å²) in [5, 5.41) is 2.91. The van der Waals surface area contributed by atoms with Gasteiger partial charge in [-0.25, -0.2) is 0 Å². The Kier molecular flexibility index (Phi) is 2.93. The van der Waals surface area contributed by atoms with Gasteiger partial charge in [0.1, 0.15) is 6.29 Å². The summed E-state index contributed by atoms with van der Waals surface area (Å²) < 4.78 is 0. The molecular formula is C9H8NO. The number of carbonyl (C=O) groups excluding carboxylic acids is 1. The lowest BCUT2D eigenvalue weighted by molar-refractivity contribution is -0.104. The van der Waals surface area contributed by atoms with E-state index in [2.05, 4.69) is 11.4 Å². The van der Waals surface area contributed by atoms with E-state index in [1.807, 2.05) is 12.1 Å². The maximum Gasteiger partial charge on any atom is 0.144 e. The van der Waals surface area contributed by atoms with Crippen molar-refractivity contribution in [2.45, 2.75) is 0 Å². The number of anilines is 1. The third-order valence-electron chi connectivity index (χ3n) is 1.14. The fourth-order valence-electron chi connectivity index (χ4n) is 0.667. The van der Waals surface area contributed by atoms with E-state index in [-0.39, 0.29) is 0 Å². The number of aldehydes is 1. The standard InChI is InChI=1S/C9H8NO/c11-8-4-7-10-9-5-2-1-3-6-9/h2-8,10H. The molecule has 0 aromatic heterocycles. The van der Waals surface area contributed by atoms with E-state index in [4.69, 9.17) is 0 Å². The summed E-state index contributed by atoms with van der Waals surface area (Å²) in [5.41, 5.74) is 0.946. The summed E-state index contributed by atoms with van der Waals surface area (Å²) >= 11 is 0.